The van der Waals surface area contributed by atoms with E-state index in [1.54, 1.807) is 12.5 Å². The molecule has 0 spiro atoms. The summed E-state index contributed by atoms with van der Waals surface area (Å²) in [4.78, 5) is 16.7. The summed E-state index contributed by atoms with van der Waals surface area (Å²) < 4.78 is 43.3. The van der Waals surface area contributed by atoms with E-state index in [9.17, 15) is 17.6 Å². The van der Waals surface area contributed by atoms with Crippen molar-refractivity contribution in [1.29, 1.82) is 0 Å². The lowest BCUT2D eigenvalue weighted by molar-refractivity contribution is 0.0939. The van der Waals surface area contributed by atoms with Gasteiger partial charge in [-0.15, -0.1) is 0 Å². The maximum atomic E-state index is 13.9. The summed E-state index contributed by atoms with van der Waals surface area (Å²) in [6, 6.07) is 18.4. The van der Waals surface area contributed by atoms with Gasteiger partial charge in [0.1, 0.15) is 5.82 Å². The molecule has 4 aromatic rings. The summed E-state index contributed by atoms with van der Waals surface area (Å²) >= 11 is 0. The molecule has 33 heavy (non-hydrogen) atoms. The lowest BCUT2D eigenvalue weighted by atomic mass is 10.1. The van der Waals surface area contributed by atoms with E-state index in [0.29, 0.717) is 0 Å². The second-order valence-corrected chi connectivity index (χ2v) is 9.05. The molecule has 1 atom stereocenters. The monoisotopic (exact) mass is 464 g/mol. The number of para-hydroxylation sites is 1. The third-order valence-electron chi connectivity index (χ3n) is 5.07. The van der Waals surface area contributed by atoms with Crippen LogP contribution >= 0.6 is 0 Å². The molecule has 0 radical (unpaired) electrons. The number of hydrogen-bond acceptors (Lipinski definition) is 4. The van der Waals surface area contributed by atoms with Gasteiger partial charge in [-0.2, -0.15) is 0 Å². The molecule has 0 saturated heterocycles. The second kappa shape index (κ2) is 9.25. The molecule has 2 N–H and O–H groups in total. The van der Waals surface area contributed by atoms with E-state index in [2.05, 4.69) is 15.0 Å². The molecular formula is C24H21FN4O3S. The predicted octanol–water partition coefficient (Wildman–Crippen LogP) is 4.30. The zero-order chi connectivity index (χ0) is 23.4. The Bertz CT molecular complexity index is 1370. The van der Waals surface area contributed by atoms with Gasteiger partial charge in [-0.3, -0.25) is 9.52 Å². The largest absolute Gasteiger partial charge is 0.346 e. The SMILES string of the molecule is CC(NC(=O)c1cccc(S(=O)(=O)Nc2ccccc2F)c1)c1ccc(-n2ccnc2)cc1. The van der Waals surface area contributed by atoms with Gasteiger partial charge in [-0.25, -0.2) is 17.8 Å². The molecule has 1 amide bonds. The Hall–Kier alpha value is -3.98. The minimum Gasteiger partial charge on any atom is -0.346 e. The number of aromatic nitrogens is 2. The van der Waals surface area contributed by atoms with Crippen molar-refractivity contribution in [2.45, 2.75) is 17.9 Å². The first kappa shape index (κ1) is 22.2. The number of hydrogen-bond donors (Lipinski definition) is 2. The lowest BCUT2D eigenvalue weighted by Gasteiger charge is -2.16. The predicted molar refractivity (Wildman–Crippen MR) is 123 cm³/mol. The minimum atomic E-state index is -4.08. The highest BCUT2D eigenvalue weighted by atomic mass is 32.2. The van der Waals surface area contributed by atoms with Gasteiger partial charge in [0.2, 0.25) is 0 Å². The Labute approximate surface area is 191 Å². The average molecular weight is 465 g/mol. The lowest BCUT2D eigenvalue weighted by Crippen LogP contribution is -2.27. The highest BCUT2D eigenvalue weighted by Crippen LogP contribution is 2.21. The van der Waals surface area contributed by atoms with Crippen molar-refractivity contribution < 1.29 is 17.6 Å². The molecule has 0 aliphatic heterocycles. The van der Waals surface area contributed by atoms with E-state index in [1.165, 1.54) is 42.5 Å². The number of rotatable bonds is 7. The van der Waals surface area contributed by atoms with Gasteiger partial charge >= 0.3 is 0 Å². The summed E-state index contributed by atoms with van der Waals surface area (Å²) in [5.41, 5.74) is 1.83. The highest BCUT2D eigenvalue weighted by molar-refractivity contribution is 7.92. The van der Waals surface area contributed by atoms with Gasteiger partial charge in [0.05, 0.1) is 23.0 Å². The molecule has 4 rings (SSSR count). The van der Waals surface area contributed by atoms with E-state index in [1.807, 2.05) is 42.0 Å². The van der Waals surface area contributed by atoms with Gasteiger partial charge < -0.3 is 9.88 Å². The van der Waals surface area contributed by atoms with E-state index < -0.39 is 21.7 Å². The average Bonchev–Trinajstić information content (AvgIpc) is 3.36. The highest BCUT2D eigenvalue weighted by Gasteiger charge is 2.19. The summed E-state index contributed by atoms with van der Waals surface area (Å²) in [5, 5.41) is 2.87. The normalized spacial score (nSPS) is 12.2. The Morgan fingerprint density at radius 2 is 1.79 bits per heavy atom. The zero-order valence-corrected chi connectivity index (χ0v) is 18.5. The van der Waals surface area contributed by atoms with Crippen LogP contribution in [0.2, 0.25) is 0 Å². The standard InChI is InChI=1S/C24H21FN4O3S/c1-17(18-9-11-20(12-10-18)29-14-13-26-16-29)27-24(30)19-5-4-6-21(15-19)33(31,32)28-23-8-3-2-7-22(23)25/h2-17,28H,1H3,(H,27,30). The first-order valence-electron chi connectivity index (χ1n) is 10.1. The van der Waals surface area contributed by atoms with Crippen LogP contribution in [-0.2, 0) is 10.0 Å². The molecular weight excluding hydrogens is 443 g/mol. The van der Waals surface area contributed by atoms with Crippen molar-refractivity contribution >= 4 is 21.6 Å². The summed E-state index contributed by atoms with van der Waals surface area (Å²) in [6.07, 6.45) is 5.22. The van der Waals surface area contributed by atoms with Crippen LogP contribution in [0.15, 0.2) is 96.4 Å². The van der Waals surface area contributed by atoms with E-state index in [-0.39, 0.29) is 22.2 Å². The van der Waals surface area contributed by atoms with Crippen molar-refractivity contribution in [2.75, 3.05) is 4.72 Å². The number of carbonyl (C=O) groups excluding carboxylic acids is 1. The number of nitrogens with zero attached hydrogens (tertiary/aromatic N) is 2. The van der Waals surface area contributed by atoms with E-state index in [0.717, 1.165) is 17.3 Å². The van der Waals surface area contributed by atoms with Crippen LogP contribution < -0.4 is 10.0 Å². The number of carbonyl (C=O) groups is 1. The molecule has 7 nitrogen and oxygen atoms in total. The molecule has 1 heterocycles. The quantitative estimate of drug-likeness (QED) is 0.426. The van der Waals surface area contributed by atoms with E-state index in [4.69, 9.17) is 0 Å². The Kier molecular flexibility index (Phi) is 6.23. The molecule has 1 unspecified atom stereocenters. The van der Waals surface area contributed by atoms with Crippen molar-refractivity contribution in [3.05, 3.63) is 108 Å². The molecule has 1 aromatic heterocycles. The van der Waals surface area contributed by atoms with Gasteiger partial charge in [-0.05, 0) is 55.0 Å². The number of benzene rings is 3. The number of nitrogens with one attached hydrogen (secondary N) is 2. The fourth-order valence-corrected chi connectivity index (χ4v) is 4.38. The number of halogens is 1. The maximum Gasteiger partial charge on any atom is 0.262 e. The molecule has 0 saturated carbocycles. The van der Waals surface area contributed by atoms with Crippen LogP contribution in [0.1, 0.15) is 28.9 Å². The van der Waals surface area contributed by atoms with Crippen LogP contribution in [0.25, 0.3) is 5.69 Å². The first-order valence-corrected chi connectivity index (χ1v) is 11.6. The number of imidazole rings is 1. The number of amides is 1. The van der Waals surface area contributed by atoms with Crippen molar-refractivity contribution in [2.24, 2.45) is 0 Å². The van der Waals surface area contributed by atoms with Crippen molar-refractivity contribution in [3.8, 4) is 5.69 Å². The molecule has 9 heteroatoms. The Balaban J connectivity index is 1.47. The summed E-state index contributed by atoms with van der Waals surface area (Å²) in [5.74, 6) is -1.12. The zero-order valence-electron chi connectivity index (χ0n) is 17.6. The van der Waals surface area contributed by atoms with Crippen molar-refractivity contribution in [1.82, 2.24) is 14.9 Å². The van der Waals surface area contributed by atoms with Crippen LogP contribution in [0.5, 0.6) is 0 Å². The Morgan fingerprint density at radius 1 is 1.03 bits per heavy atom. The first-order chi connectivity index (χ1) is 15.8. The fraction of sp³-hybridized carbons (Fsp3) is 0.0833. The van der Waals surface area contributed by atoms with Gasteiger partial charge in [0.25, 0.3) is 15.9 Å². The summed E-state index contributed by atoms with van der Waals surface area (Å²) in [6.45, 7) is 1.84. The summed E-state index contributed by atoms with van der Waals surface area (Å²) in [7, 11) is -4.08. The van der Waals surface area contributed by atoms with E-state index >= 15 is 0 Å². The fourth-order valence-electron chi connectivity index (χ4n) is 3.26. The second-order valence-electron chi connectivity index (χ2n) is 7.37. The van der Waals surface area contributed by atoms with Crippen LogP contribution in [0.4, 0.5) is 10.1 Å². The van der Waals surface area contributed by atoms with Gasteiger partial charge in [-0.1, -0.05) is 30.3 Å². The Morgan fingerprint density at radius 3 is 2.48 bits per heavy atom. The maximum absolute atomic E-state index is 13.9. The van der Waals surface area contributed by atoms with Gasteiger partial charge in [0, 0.05) is 23.6 Å². The third kappa shape index (κ3) is 5.09. The molecule has 0 aliphatic carbocycles. The van der Waals surface area contributed by atoms with Gasteiger partial charge in [0.15, 0.2) is 0 Å². The number of sulfonamides is 1. The van der Waals surface area contributed by atoms with Crippen LogP contribution in [0, 0.1) is 5.82 Å². The molecule has 0 bridgehead atoms. The molecule has 0 aliphatic rings. The van der Waals surface area contributed by atoms with Crippen molar-refractivity contribution in [3.63, 3.8) is 0 Å². The topological polar surface area (TPSA) is 93.1 Å². The van der Waals surface area contributed by atoms with Crippen LogP contribution in [-0.4, -0.2) is 23.9 Å². The third-order valence-corrected chi connectivity index (χ3v) is 6.43. The number of anilines is 1. The molecule has 3 aromatic carbocycles. The molecule has 0 fully saturated rings. The van der Waals surface area contributed by atoms with Crippen LogP contribution in [0.3, 0.4) is 0 Å². The molecule has 168 valence electrons. The minimum absolute atomic E-state index is 0.143. The smallest absolute Gasteiger partial charge is 0.262 e.